The Morgan fingerprint density at radius 1 is 1.20 bits per heavy atom. The fraction of sp³-hybridized carbons (Fsp3) is 0.278. The lowest BCUT2D eigenvalue weighted by atomic mass is 10.1. The second kappa shape index (κ2) is 7.89. The van der Waals surface area contributed by atoms with Crippen molar-refractivity contribution in [3.05, 3.63) is 58.6 Å². The number of halogens is 1. The van der Waals surface area contributed by atoms with Crippen molar-refractivity contribution < 1.29 is 13.2 Å². The normalized spacial score (nSPS) is 11.2. The van der Waals surface area contributed by atoms with Crippen LogP contribution in [-0.2, 0) is 21.2 Å². The van der Waals surface area contributed by atoms with Crippen LogP contribution in [0, 0.1) is 6.92 Å². The smallest absolute Gasteiger partial charge is 0.245 e. The van der Waals surface area contributed by atoms with Crippen LogP contribution in [0.4, 0.5) is 11.4 Å². The van der Waals surface area contributed by atoms with E-state index in [0.29, 0.717) is 22.8 Å². The Balaban J connectivity index is 2.33. The van der Waals surface area contributed by atoms with E-state index in [-0.39, 0.29) is 6.54 Å². The minimum atomic E-state index is -3.62. The molecule has 2 rings (SSSR count). The van der Waals surface area contributed by atoms with Gasteiger partial charge in [-0.2, -0.15) is 0 Å². The third kappa shape index (κ3) is 4.96. The van der Waals surface area contributed by atoms with Gasteiger partial charge in [0, 0.05) is 10.7 Å². The van der Waals surface area contributed by atoms with E-state index in [9.17, 15) is 13.2 Å². The molecule has 25 heavy (non-hydrogen) atoms. The number of carbonyl (C=O) groups excluding carboxylic acids is 1. The molecule has 0 heterocycles. The average Bonchev–Trinajstić information content (AvgIpc) is 2.51. The fourth-order valence-corrected chi connectivity index (χ4v) is 3.76. The molecule has 134 valence electrons. The van der Waals surface area contributed by atoms with Gasteiger partial charge in [-0.1, -0.05) is 42.8 Å². The number of rotatable bonds is 6. The third-order valence-electron chi connectivity index (χ3n) is 3.75. The summed E-state index contributed by atoms with van der Waals surface area (Å²) in [5.41, 5.74) is 2.77. The zero-order valence-corrected chi connectivity index (χ0v) is 16.0. The van der Waals surface area contributed by atoms with Crippen molar-refractivity contribution in [3.63, 3.8) is 0 Å². The van der Waals surface area contributed by atoms with Crippen LogP contribution in [0.25, 0.3) is 0 Å². The maximum atomic E-state index is 12.4. The number of carbonyl (C=O) groups is 1. The number of nitrogens with zero attached hydrogens (tertiary/aromatic N) is 1. The third-order valence-corrected chi connectivity index (χ3v) is 5.09. The molecule has 0 bridgehead atoms. The van der Waals surface area contributed by atoms with Gasteiger partial charge in [-0.25, -0.2) is 8.42 Å². The number of nitrogens with one attached hydrogen (secondary N) is 1. The summed E-state index contributed by atoms with van der Waals surface area (Å²) in [6, 6.07) is 12.3. The van der Waals surface area contributed by atoms with Crippen molar-refractivity contribution in [1.82, 2.24) is 0 Å². The molecule has 5 nitrogen and oxygen atoms in total. The van der Waals surface area contributed by atoms with E-state index in [1.54, 1.807) is 24.3 Å². The van der Waals surface area contributed by atoms with Crippen LogP contribution < -0.4 is 9.62 Å². The zero-order chi connectivity index (χ0) is 18.6. The topological polar surface area (TPSA) is 66.5 Å². The van der Waals surface area contributed by atoms with Gasteiger partial charge >= 0.3 is 0 Å². The Morgan fingerprint density at radius 2 is 1.88 bits per heavy atom. The summed E-state index contributed by atoms with van der Waals surface area (Å²) in [5.74, 6) is -0.432. The van der Waals surface area contributed by atoms with Crippen LogP contribution >= 0.6 is 11.6 Å². The Bertz CT molecular complexity index is 882. The molecule has 1 N–H and O–H groups in total. The molecule has 0 radical (unpaired) electrons. The lowest BCUT2D eigenvalue weighted by molar-refractivity contribution is -0.114. The first kappa shape index (κ1) is 19.3. The second-order valence-electron chi connectivity index (χ2n) is 5.76. The summed E-state index contributed by atoms with van der Waals surface area (Å²) in [7, 11) is -3.62. The monoisotopic (exact) mass is 380 g/mol. The van der Waals surface area contributed by atoms with Crippen molar-refractivity contribution in [2.75, 3.05) is 22.4 Å². The van der Waals surface area contributed by atoms with Crippen LogP contribution in [0.1, 0.15) is 18.1 Å². The number of sulfonamides is 1. The Labute approximate surface area is 153 Å². The Kier molecular flexibility index (Phi) is 6.08. The molecule has 0 unspecified atom stereocenters. The van der Waals surface area contributed by atoms with E-state index < -0.39 is 15.9 Å². The van der Waals surface area contributed by atoms with Crippen LogP contribution in [0.3, 0.4) is 0 Å². The first-order valence-electron chi connectivity index (χ1n) is 7.84. The van der Waals surface area contributed by atoms with Gasteiger partial charge in [-0.3, -0.25) is 9.10 Å². The van der Waals surface area contributed by atoms with Gasteiger partial charge in [0.15, 0.2) is 0 Å². The molecule has 7 heteroatoms. The number of anilines is 2. The van der Waals surface area contributed by atoms with Crippen molar-refractivity contribution >= 4 is 38.9 Å². The highest BCUT2D eigenvalue weighted by Crippen LogP contribution is 2.28. The number of benzene rings is 2. The van der Waals surface area contributed by atoms with E-state index >= 15 is 0 Å². The largest absolute Gasteiger partial charge is 0.324 e. The van der Waals surface area contributed by atoms with E-state index in [2.05, 4.69) is 5.32 Å². The SMILES string of the molecule is CCc1cccc(C)c1N(CC(=O)Nc1cccc(Cl)c1)S(C)(=O)=O. The van der Waals surface area contributed by atoms with Crippen LogP contribution in [0.5, 0.6) is 0 Å². The molecular weight excluding hydrogens is 360 g/mol. The second-order valence-corrected chi connectivity index (χ2v) is 8.11. The highest BCUT2D eigenvalue weighted by molar-refractivity contribution is 7.92. The van der Waals surface area contributed by atoms with Gasteiger partial charge in [0.2, 0.25) is 15.9 Å². The maximum Gasteiger partial charge on any atom is 0.245 e. The molecule has 0 aliphatic rings. The number of aryl methyl sites for hydroxylation is 2. The van der Waals surface area contributed by atoms with E-state index in [0.717, 1.165) is 21.7 Å². The number of hydrogen-bond acceptors (Lipinski definition) is 3. The van der Waals surface area contributed by atoms with Crippen LogP contribution in [-0.4, -0.2) is 27.1 Å². The van der Waals surface area contributed by atoms with Gasteiger partial charge in [0.1, 0.15) is 6.54 Å². The lowest BCUT2D eigenvalue weighted by Crippen LogP contribution is -2.38. The summed E-state index contributed by atoms with van der Waals surface area (Å²) in [6.07, 6.45) is 1.77. The lowest BCUT2D eigenvalue weighted by Gasteiger charge is -2.26. The Hall–Kier alpha value is -2.05. The fourth-order valence-electron chi connectivity index (χ4n) is 2.62. The predicted octanol–water partition coefficient (Wildman–Crippen LogP) is 3.62. The quantitative estimate of drug-likeness (QED) is 0.832. The first-order chi connectivity index (χ1) is 11.7. The molecule has 0 fully saturated rings. The summed E-state index contributed by atoms with van der Waals surface area (Å²) < 4.78 is 25.8. The zero-order valence-electron chi connectivity index (χ0n) is 14.4. The Morgan fingerprint density at radius 3 is 2.48 bits per heavy atom. The minimum absolute atomic E-state index is 0.302. The van der Waals surface area contributed by atoms with Gasteiger partial charge in [-0.05, 0) is 42.7 Å². The molecule has 2 aromatic carbocycles. The van der Waals surface area contributed by atoms with Crippen molar-refractivity contribution in [1.29, 1.82) is 0 Å². The molecule has 0 saturated heterocycles. The number of hydrogen-bond donors (Lipinski definition) is 1. The minimum Gasteiger partial charge on any atom is -0.324 e. The highest BCUT2D eigenvalue weighted by atomic mass is 35.5. The van der Waals surface area contributed by atoms with Gasteiger partial charge in [0.25, 0.3) is 0 Å². The van der Waals surface area contributed by atoms with E-state index in [4.69, 9.17) is 11.6 Å². The number of para-hydroxylation sites is 1. The van der Waals surface area contributed by atoms with E-state index in [1.165, 1.54) is 0 Å². The van der Waals surface area contributed by atoms with Crippen LogP contribution in [0.15, 0.2) is 42.5 Å². The van der Waals surface area contributed by atoms with Crippen LogP contribution in [0.2, 0.25) is 5.02 Å². The molecule has 0 aliphatic carbocycles. The molecule has 0 spiro atoms. The molecule has 2 aromatic rings. The molecular formula is C18H21ClN2O3S. The summed E-state index contributed by atoms with van der Waals surface area (Å²) in [4.78, 5) is 12.4. The molecule has 0 aliphatic heterocycles. The van der Waals surface area contributed by atoms with Gasteiger partial charge < -0.3 is 5.32 Å². The highest BCUT2D eigenvalue weighted by Gasteiger charge is 2.24. The molecule has 0 atom stereocenters. The van der Waals surface area contributed by atoms with Crippen molar-refractivity contribution in [3.8, 4) is 0 Å². The van der Waals surface area contributed by atoms with Gasteiger partial charge in [-0.15, -0.1) is 0 Å². The summed E-state index contributed by atoms with van der Waals surface area (Å²) >= 11 is 5.91. The average molecular weight is 381 g/mol. The van der Waals surface area contributed by atoms with Crippen molar-refractivity contribution in [2.45, 2.75) is 20.3 Å². The molecule has 1 amide bonds. The molecule has 0 saturated carbocycles. The van der Waals surface area contributed by atoms with Crippen molar-refractivity contribution in [2.24, 2.45) is 0 Å². The van der Waals surface area contributed by atoms with Gasteiger partial charge in [0.05, 0.1) is 11.9 Å². The summed E-state index contributed by atoms with van der Waals surface area (Å²) in [6.45, 7) is 3.48. The summed E-state index contributed by atoms with van der Waals surface area (Å²) in [5, 5.41) is 3.17. The first-order valence-corrected chi connectivity index (χ1v) is 10.1. The maximum absolute atomic E-state index is 12.4. The predicted molar refractivity (Wildman–Crippen MR) is 103 cm³/mol. The standard InChI is InChI=1S/C18H21ClN2O3S/c1-4-14-8-5-7-13(2)18(14)21(25(3,23)24)12-17(22)20-16-10-6-9-15(19)11-16/h5-11H,4,12H2,1-3H3,(H,20,22). The molecule has 0 aromatic heterocycles. The van der Waals surface area contributed by atoms with E-state index in [1.807, 2.05) is 32.0 Å². The number of amides is 1.